The van der Waals surface area contributed by atoms with Crippen LogP contribution in [0.15, 0.2) is 29.2 Å². The van der Waals surface area contributed by atoms with E-state index in [9.17, 15) is 8.42 Å². The molecule has 0 saturated carbocycles. The maximum atomic E-state index is 11.9. The SMILES string of the molecule is CCCCNS(=O)(=O)c1ccc(C(C)NC)cc1. The molecule has 5 heteroatoms. The van der Waals surface area contributed by atoms with Crippen LogP contribution in [-0.2, 0) is 10.0 Å². The first-order valence-electron chi connectivity index (χ1n) is 6.28. The molecule has 0 aliphatic carbocycles. The first-order valence-corrected chi connectivity index (χ1v) is 7.76. The molecule has 0 aliphatic rings. The van der Waals surface area contributed by atoms with Crippen molar-refractivity contribution in [2.45, 2.75) is 37.6 Å². The van der Waals surface area contributed by atoms with Crippen LogP contribution in [0.1, 0.15) is 38.3 Å². The van der Waals surface area contributed by atoms with Crippen LogP contribution in [0.2, 0.25) is 0 Å². The van der Waals surface area contributed by atoms with Crippen LogP contribution in [0.3, 0.4) is 0 Å². The summed E-state index contributed by atoms with van der Waals surface area (Å²) in [6.07, 6.45) is 1.83. The molecule has 0 heterocycles. The lowest BCUT2D eigenvalue weighted by Crippen LogP contribution is -2.24. The minimum absolute atomic E-state index is 0.217. The third-order valence-corrected chi connectivity index (χ3v) is 4.42. The largest absolute Gasteiger partial charge is 0.313 e. The minimum Gasteiger partial charge on any atom is -0.313 e. The maximum absolute atomic E-state index is 11.9. The molecular formula is C13H22N2O2S. The number of rotatable bonds is 7. The minimum atomic E-state index is -3.35. The van der Waals surface area contributed by atoms with E-state index in [4.69, 9.17) is 0 Å². The van der Waals surface area contributed by atoms with Crippen LogP contribution < -0.4 is 10.0 Å². The lowest BCUT2D eigenvalue weighted by Gasteiger charge is -2.11. The molecule has 0 amide bonds. The molecule has 0 bridgehead atoms. The van der Waals surface area contributed by atoms with E-state index in [-0.39, 0.29) is 6.04 Å². The highest BCUT2D eigenvalue weighted by Gasteiger charge is 2.13. The molecule has 1 aromatic rings. The van der Waals surface area contributed by atoms with Gasteiger partial charge in [0.2, 0.25) is 10.0 Å². The molecule has 1 unspecified atom stereocenters. The summed E-state index contributed by atoms with van der Waals surface area (Å²) in [5.74, 6) is 0. The predicted octanol–water partition coefficient (Wildman–Crippen LogP) is 2.05. The Balaban J connectivity index is 2.78. The lowest BCUT2D eigenvalue weighted by atomic mass is 10.1. The van der Waals surface area contributed by atoms with Crippen LogP contribution in [-0.4, -0.2) is 22.0 Å². The Kier molecular flexibility index (Phi) is 5.78. The third kappa shape index (κ3) is 4.08. The Morgan fingerprint density at radius 3 is 2.33 bits per heavy atom. The zero-order chi connectivity index (χ0) is 13.6. The summed E-state index contributed by atoms with van der Waals surface area (Å²) >= 11 is 0. The average Bonchev–Trinajstić information content (AvgIpc) is 2.38. The van der Waals surface area contributed by atoms with Gasteiger partial charge in [0.1, 0.15) is 0 Å². The van der Waals surface area contributed by atoms with Gasteiger partial charge in [-0.2, -0.15) is 0 Å². The van der Waals surface area contributed by atoms with Crippen LogP contribution >= 0.6 is 0 Å². The van der Waals surface area contributed by atoms with Gasteiger partial charge in [0, 0.05) is 12.6 Å². The summed E-state index contributed by atoms with van der Waals surface area (Å²) in [4.78, 5) is 0.325. The Hall–Kier alpha value is -0.910. The van der Waals surface area contributed by atoms with E-state index in [0.29, 0.717) is 11.4 Å². The summed E-state index contributed by atoms with van der Waals surface area (Å²) in [7, 11) is -1.48. The van der Waals surface area contributed by atoms with Gasteiger partial charge in [-0.05, 0) is 38.1 Å². The fourth-order valence-electron chi connectivity index (χ4n) is 1.57. The molecule has 0 aromatic heterocycles. The van der Waals surface area contributed by atoms with E-state index in [1.165, 1.54) is 0 Å². The van der Waals surface area contributed by atoms with E-state index in [2.05, 4.69) is 10.0 Å². The number of hydrogen-bond donors (Lipinski definition) is 2. The number of sulfonamides is 1. The molecule has 0 fully saturated rings. The van der Waals surface area contributed by atoms with E-state index >= 15 is 0 Å². The highest BCUT2D eigenvalue weighted by Crippen LogP contribution is 2.15. The first-order chi connectivity index (χ1) is 8.51. The Morgan fingerprint density at radius 2 is 1.83 bits per heavy atom. The van der Waals surface area contributed by atoms with Gasteiger partial charge < -0.3 is 5.32 Å². The average molecular weight is 270 g/mol. The summed E-state index contributed by atoms with van der Waals surface area (Å²) < 4.78 is 26.5. The summed E-state index contributed by atoms with van der Waals surface area (Å²) in [5, 5.41) is 3.12. The second-order valence-electron chi connectivity index (χ2n) is 4.33. The molecule has 4 nitrogen and oxygen atoms in total. The molecule has 0 saturated heterocycles. The topological polar surface area (TPSA) is 58.2 Å². The van der Waals surface area contributed by atoms with Gasteiger partial charge in [-0.15, -0.1) is 0 Å². The van der Waals surface area contributed by atoms with Crippen LogP contribution in [0.25, 0.3) is 0 Å². The van der Waals surface area contributed by atoms with Gasteiger partial charge in [0.15, 0.2) is 0 Å². The second-order valence-corrected chi connectivity index (χ2v) is 6.10. The maximum Gasteiger partial charge on any atom is 0.240 e. The Bertz CT molecular complexity index is 454. The van der Waals surface area contributed by atoms with E-state index in [1.807, 2.05) is 33.0 Å². The lowest BCUT2D eigenvalue weighted by molar-refractivity contribution is 0.578. The standard InChI is InChI=1S/C13H22N2O2S/c1-4-5-10-15-18(16,17)13-8-6-12(7-9-13)11(2)14-3/h6-9,11,14-15H,4-5,10H2,1-3H3. The summed E-state index contributed by atoms with van der Waals surface area (Å²) in [6, 6.07) is 7.20. The van der Waals surface area contributed by atoms with Crippen molar-refractivity contribution in [3.8, 4) is 0 Å². The van der Waals surface area contributed by atoms with Crippen molar-refractivity contribution in [1.29, 1.82) is 0 Å². The molecule has 1 rings (SSSR count). The van der Waals surface area contributed by atoms with Crippen molar-refractivity contribution in [3.05, 3.63) is 29.8 Å². The van der Waals surface area contributed by atoms with Gasteiger partial charge in [-0.1, -0.05) is 25.5 Å². The van der Waals surface area contributed by atoms with Gasteiger partial charge >= 0.3 is 0 Å². The molecule has 1 atom stereocenters. The van der Waals surface area contributed by atoms with Crippen molar-refractivity contribution < 1.29 is 8.42 Å². The van der Waals surface area contributed by atoms with Crippen LogP contribution in [0.4, 0.5) is 0 Å². The van der Waals surface area contributed by atoms with Crippen molar-refractivity contribution in [2.24, 2.45) is 0 Å². The zero-order valence-electron chi connectivity index (χ0n) is 11.2. The van der Waals surface area contributed by atoms with Crippen molar-refractivity contribution in [1.82, 2.24) is 10.0 Å². The molecule has 0 aliphatic heterocycles. The van der Waals surface area contributed by atoms with Crippen molar-refractivity contribution in [3.63, 3.8) is 0 Å². The highest BCUT2D eigenvalue weighted by molar-refractivity contribution is 7.89. The molecule has 2 N–H and O–H groups in total. The van der Waals surface area contributed by atoms with Crippen LogP contribution in [0, 0.1) is 0 Å². The van der Waals surface area contributed by atoms with Crippen molar-refractivity contribution in [2.75, 3.05) is 13.6 Å². The molecule has 0 spiro atoms. The predicted molar refractivity (Wildman–Crippen MR) is 74.0 cm³/mol. The molecule has 18 heavy (non-hydrogen) atoms. The van der Waals surface area contributed by atoms with E-state index < -0.39 is 10.0 Å². The van der Waals surface area contributed by atoms with E-state index in [1.54, 1.807) is 12.1 Å². The number of nitrogens with one attached hydrogen (secondary N) is 2. The first kappa shape index (κ1) is 15.1. The quantitative estimate of drug-likeness (QED) is 0.746. The number of benzene rings is 1. The monoisotopic (exact) mass is 270 g/mol. The normalized spacial score (nSPS) is 13.5. The summed E-state index contributed by atoms with van der Waals surface area (Å²) in [6.45, 7) is 4.55. The molecular weight excluding hydrogens is 248 g/mol. The van der Waals surface area contributed by atoms with Gasteiger partial charge in [0.25, 0.3) is 0 Å². The molecule has 0 radical (unpaired) electrons. The smallest absolute Gasteiger partial charge is 0.240 e. The third-order valence-electron chi connectivity index (χ3n) is 2.95. The Labute approximate surface area is 110 Å². The highest BCUT2D eigenvalue weighted by atomic mass is 32.2. The fourth-order valence-corrected chi connectivity index (χ4v) is 2.64. The van der Waals surface area contributed by atoms with Gasteiger partial charge in [-0.25, -0.2) is 13.1 Å². The second kappa shape index (κ2) is 6.87. The van der Waals surface area contributed by atoms with Crippen molar-refractivity contribution >= 4 is 10.0 Å². The number of hydrogen-bond acceptors (Lipinski definition) is 3. The van der Waals surface area contributed by atoms with Gasteiger partial charge in [0.05, 0.1) is 4.90 Å². The number of unbranched alkanes of at least 4 members (excludes halogenated alkanes) is 1. The van der Waals surface area contributed by atoms with E-state index in [0.717, 1.165) is 18.4 Å². The van der Waals surface area contributed by atoms with Crippen LogP contribution in [0.5, 0.6) is 0 Å². The molecule has 102 valence electrons. The fraction of sp³-hybridized carbons (Fsp3) is 0.538. The zero-order valence-corrected chi connectivity index (χ0v) is 12.0. The summed E-state index contributed by atoms with van der Waals surface area (Å²) in [5.41, 5.74) is 1.07. The molecule has 1 aromatic carbocycles. The Morgan fingerprint density at radius 1 is 1.22 bits per heavy atom. The van der Waals surface area contributed by atoms with Gasteiger partial charge in [-0.3, -0.25) is 0 Å².